The minimum absolute atomic E-state index is 0.0209. The van der Waals surface area contributed by atoms with E-state index in [1.54, 1.807) is 12.1 Å². The molecular weight excluding hydrogens is 487 g/mol. The molecule has 10 heteroatoms. The quantitative estimate of drug-likeness (QED) is 0.305. The van der Waals surface area contributed by atoms with E-state index < -0.39 is 15.4 Å². The highest BCUT2D eigenvalue weighted by Gasteiger charge is 2.26. The van der Waals surface area contributed by atoms with E-state index in [1.165, 1.54) is 0 Å². The van der Waals surface area contributed by atoms with Gasteiger partial charge in [-0.05, 0) is 41.8 Å². The number of ether oxygens (including phenoxy) is 2. The summed E-state index contributed by atoms with van der Waals surface area (Å²) < 4.78 is 41.7. The van der Waals surface area contributed by atoms with Crippen LogP contribution in [0.5, 0.6) is 17.4 Å². The van der Waals surface area contributed by atoms with Gasteiger partial charge in [0.05, 0.1) is 22.9 Å². The van der Waals surface area contributed by atoms with Gasteiger partial charge in [0.1, 0.15) is 5.75 Å². The lowest BCUT2D eigenvalue weighted by Crippen LogP contribution is -2.19. The lowest BCUT2D eigenvalue weighted by atomic mass is 9.78. The van der Waals surface area contributed by atoms with Crippen LogP contribution in [0.1, 0.15) is 44.7 Å². The number of anilines is 1. The van der Waals surface area contributed by atoms with Gasteiger partial charge >= 0.3 is 5.95 Å². The van der Waals surface area contributed by atoms with Gasteiger partial charge in [-0.1, -0.05) is 62.5 Å². The van der Waals surface area contributed by atoms with Crippen LogP contribution in [-0.4, -0.2) is 26.3 Å². The summed E-state index contributed by atoms with van der Waals surface area (Å²) in [6, 6.07) is 11.1. The number of oxazole rings is 1. The highest BCUT2D eigenvalue weighted by molar-refractivity contribution is 7.92. The number of halogens is 2. The first kappa shape index (κ1) is 25.2. The second-order valence-corrected chi connectivity index (χ2v) is 10.6. The normalized spacial score (nSPS) is 11.9. The zero-order valence-corrected chi connectivity index (χ0v) is 21.1. The van der Waals surface area contributed by atoms with Crippen molar-refractivity contribution in [2.45, 2.75) is 39.0 Å². The molecule has 3 rings (SSSR count). The van der Waals surface area contributed by atoms with Gasteiger partial charge in [-0.15, -0.1) is 0 Å². The second-order valence-electron chi connectivity index (χ2n) is 8.09. The van der Waals surface area contributed by atoms with Crippen LogP contribution in [0.15, 0.2) is 47.2 Å². The molecular formula is C23H26Cl2N2O5S. The fraction of sp³-hybridized carbons (Fsp3) is 0.348. The minimum atomic E-state index is -3.52. The van der Waals surface area contributed by atoms with Crippen molar-refractivity contribution in [1.82, 2.24) is 4.98 Å². The topological polar surface area (TPSA) is 90.7 Å². The number of rotatable bonds is 10. The largest absolute Gasteiger partial charge is 0.490 e. The van der Waals surface area contributed by atoms with Gasteiger partial charge < -0.3 is 13.9 Å². The molecule has 0 saturated heterocycles. The van der Waals surface area contributed by atoms with E-state index in [9.17, 15) is 8.42 Å². The standard InChI is InChI=1S/C23H26Cl2N2O5S/c1-5-6-11-30-20-18(24)12-16(13-19(20)25)23(2,3)15-7-9-17(10-8-15)32-22-21(26-14-31-22)27-33(4,28)29/h7-10,12-14,27H,5-6,11H2,1-4H3. The Labute approximate surface area is 204 Å². The number of aromatic nitrogens is 1. The first-order valence-corrected chi connectivity index (χ1v) is 13.0. The predicted octanol–water partition coefficient (Wildman–Crippen LogP) is 6.65. The Balaban J connectivity index is 1.80. The summed E-state index contributed by atoms with van der Waals surface area (Å²) in [6.07, 6.45) is 4.06. The van der Waals surface area contributed by atoms with Crippen LogP contribution < -0.4 is 14.2 Å². The molecule has 0 bridgehead atoms. The molecule has 0 aliphatic carbocycles. The number of nitrogens with zero attached hydrogens (tertiary/aromatic N) is 1. The molecule has 33 heavy (non-hydrogen) atoms. The third kappa shape index (κ3) is 6.34. The van der Waals surface area contributed by atoms with E-state index in [0.717, 1.165) is 36.6 Å². The van der Waals surface area contributed by atoms with Crippen molar-refractivity contribution in [3.8, 4) is 17.4 Å². The van der Waals surface area contributed by atoms with Crippen molar-refractivity contribution >= 4 is 39.0 Å². The molecule has 7 nitrogen and oxygen atoms in total. The first-order valence-electron chi connectivity index (χ1n) is 10.3. The Morgan fingerprint density at radius 2 is 1.73 bits per heavy atom. The van der Waals surface area contributed by atoms with E-state index in [4.69, 9.17) is 37.1 Å². The molecule has 178 valence electrons. The average molecular weight is 513 g/mol. The average Bonchev–Trinajstić information content (AvgIpc) is 3.15. The second kappa shape index (κ2) is 10.2. The lowest BCUT2D eigenvalue weighted by Gasteiger charge is -2.27. The molecule has 0 aliphatic rings. The van der Waals surface area contributed by atoms with E-state index in [2.05, 4.69) is 30.5 Å². The molecule has 0 aliphatic heterocycles. The minimum Gasteiger partial charge on any atom is -0.490 e. The number of hydrogen-bond acceptors (Lipinski definition) is 6. The van der Waals surface area contributed by atoms with Crippen LogP contribution >= 0.6 is 23.2 Å². The number of nitrogens with one attached hydrogen (secondary N) is 1. The van der Waals surface area contributed by atoms with Gasteiger partial charge in [-0.25, -0.2) is 8.42 Å². The SMILES string of the molecule is CCCCOc1c(Cl)cc(C(C)(C)c2ccc(Oc3ocnc3NS(C)(=O)=O)cc2)cc1Cl. The highest BCUT2D eigenvalue weighted by atomic mass is 35.5. The third-order valence-electron chi connectivity index (χ3n) is 5.07. The van der Waals surface area contributed by atoms with Crippen molar-refractivity contribution in [1.29, 1.82) is 0 Å². The Bertz CT molecular complexity index is 1180. The summed E-state index contributed by atoms with van der Waals surface area (Å²) in [5.74, 6) is 0.885. The van der Waals surface area contributed by atoms with Crippen LogP contribution in [0.25, 0.3) is 0 Å². The molecule has 0 fully saturated rings. The van der Waals surface area contributed by atoms with Gasteiger partial charge in [-0.2, -0.15) is 4.98 Å². The Morgan fingerprint density at radius 3 is 2.30 bits per heavy atom. The monoisotopic (exact) mass is 512 g/mol. The predicted molar refractivity (Wildman–Crippen MR) is 130 cm³/mol. The van der Waals surface area contributed by atoms with E-state index in [0.29, 0.717) is 28.2 Å². The fourth-order valence-corrected chi connectivity index (χ4v) is 4.23. The van der Waals surface area contributed by atoms with Crippen LogP contribution in [0.3, 0.4) is 0 Å². The lowest BCUT2D eigenvalue weighted by molar-refractivity contribution is 0.309. The first-order chi connectivity index (χ1) is 15.5. The maximum atomic E-state index is 11.5. The molecule has 1 aromatic heterocycles. The maximum absolute atomic E-state index is 11.5. The van der Waals surface area contributed by atoms with Crippen molar-refractivity contribution in [2.24, 2.45) is 0 Å². The molecule has 0 saturated carbocycles. The van der Waals surface area contributed by atoms with Gasteiger partial charge in [0.25, 0.3) is 0 Å². The molecule has 0 spiro atoms. The number of hydrogen-bond donors (Lipinski definition) is 1. The van der Waals surface area contributed by atoms with Crippen molar-refractivity contribution in [3.05, 3.63) is 64.0 Å². The van der Waals surface area contributed by atoms with Gasteiger partial charge in [0.15, 0.2) is 12.1 Å². The number of benzene rings is 2. The van der Waals surface area contributed by atoms with E-state index >= 15 is 0 Å². The smallest absolute Gasteiger partial charge is 0.337 e. The highest BCUT2D eigenvalue weighted by Crippen LogP contribution is 2.41. The molecule has 1 N–H and O–H groups in total. The van der Waals surface area contributed by atoms with Gasteiger partial charge in [-0.3, -0.25) is 4.72 Å². The van der Waals surface area contributed by atoms with Gasteiger partial charge in [0, 0.05) is 5.41 Å². The van der Waals surface area contributed by atoms with Gasteiger partial charge in [0.2, 0.25) is 15.8 Å². The molecule has 0 amide bonds. The number of sulfonamides is 1. The van der Waals surface area contributed by atoms with Crippen LogP contribution in [0.2, 0.25) is 10.0 Å². The van der Waals surface area contributed by atoms with Crippen molar-refractivity contribution < 1.29 is 22.3 Å². The van der Waals surface area contributed by atoms with E-state index in [1.807, 2.05) is 24.3 Å². The maximum Gasteiger partial charge on any atom is 0.337 e. The van der Waals surface area contributed by atoms with E-state index in [-0.39, 0.29) is 11.8 Å². The molecule has 0 unspecified atom stereocenters. The molecule has 0 radical (unpaired) electrons. The summed E-state index contributed by atoms with van der Waals surface area (Å²) in [4.78, 5) is 3.82. The molecule has 2 aromatic carbocycles. The van der Waals surface area contributed by atoms with Crippen LogP contribution in [-0.2, 0) is 15.4 Å². The summed E-state index contributed by atoms with van der Waals surface area (Å²) in [6.45, 7) is 6.78. The Morgan fingerprint density at radius 1 is 1.09 bits per heavy atom. The summed E-state index contributed by atoms with van der Waals surface area (Å²) in [5.41, 5.74) is 1.51. The van der Waals surface area contributed by atoms with Crippen molar-refractivity contribution in [2.75, 3.05) is 17.6 Å². The summed E-state index contributed by atoms with van der Waals surface area (Å²) in [7, 11) is -3.52. The van der Waals surface area contributed by atoms with Crippen molar-refractivity contribution in [3.63, 3.8) is 0 Å². The Hall–Kier alpha value is -2.42. The number of unbranched alkanes of at least 4 members (excludes halogenated alkanes) is 1. The summed E-state index contributed by atoms with van der Waals surface area (Å²) >= 11 is 13.0. The van der Waals surface area contributed by atoms with Crippen LogP contribution in [0, 0.1) is 0 Å². The third-order valence-corrected chi connectivity index (χ3v) is 6.19. The zero-order chi connectivity index (χ0) is 24.2. The Kier molecular flexibility index (Phi) is 7.82. The molecule has 1 heterocycles. The molecule has 0 atom stereocenters. The zero-order valence-electron chi connectivity index (χ0n) is 18.8. The van der Waals surface area contributed by atoms with Crippen LogP contribution in [0.4, 0.5) is 5.82 Å². The molecule has 3 aromatic rings. The fourth-order valence-electron chi connectivity index (χ4n) is 3.14. The summed E-state index contributed by atoms with van der Waals surface area (Å²) in [5, 5.41) is 0.940.